The third-order valence-electron chi connectivity index (χ3n) is 2.47. The number of rotatable bonds is 0. The Balaban J connectivity index is 0.000000249. The number of aryl methyl sites for hydroxylation is 2. The van der Waals surface area contributed by atoms with Crippen molar-refractivity contribution in [1.82, 2.24) is 0 Å². The molecule has 0 fully saturated rings. The molecular weight excluding hydrogens is 240 g/mol. The highest BCUT2D eigenvalue weighted by molar-refractivity contribution is 7.79. The van der Waals surface area contributed by atoms with Crippen LogP contribution in [-0.4, -0.2) is 17.5 Å². The Morgan fingerprint density at radius 1 is 0.941 bits per heavy atom. The zero-order chi connectivity index (χ0) is 13.1. The van der Waals surface area contributed by atoms with Gasteiger partial charge in [-0.1, -0.05) is 36.4 Å². The van der Waals surface area contributed by atoms with Crippen LogP contribution in [0.4, 0.5) is 0 Å². The second kappa shape index (κ2) is 5.27. The lowest BCUT2D eigenvalue weighted by atomic mass is 10.0. The molecule has 2 aromatic rings. The molecule has 0 aromatic heterocycles. The summed E-state index contributed by atoms with van der Waals surface area (Å²) >= 11 is 0. The van der Waals surface area contributed by atoms with Crippen LogP contribution in [-0.2, 0) is 10.4 Å². The average Bonchev–Trinajstić information content (AvgIpc) is 2.22. The fourth-order valence-electron chi connectivity index (χ4n) is 1.54. The molecule has 0 amide bonds. The molecule has 0 atom stereocenters. The molecule has 0 aliphatic heterocycles. The van der Waals surface area contributed by atoms with Gasteiger partial charge in [-0.25, -0.2) is 0 Å². The molecule has 4 nitrogen and oxygen atoms in total. The molecule has 2 aromatic carbocycles. The van der Waals surface area contributed by atoms with Gasteiger partial charge in [0.2, 0.25) is 0 Å². The quantitative estimate of drug-likeness (QED) is 0.709. The van der Waals surface area contributed by atoms with Gasteiger partial charge in [-0.3, -0.25) is 9.11 Å². The molecule has 0 saturated carbocycles. The Bertz CT molecular complexity index is 609. The maximum Gasteiger partial charge on any atom is 0.394 e. The summed E-state index contributed by atoms with van der Waals surface area (Å²) in [4.78, 5) is 0. The Morgan fingerprint density at radius 2 is 1.47 bits per heavy atom. The largest absolute Gasteiger partial charge is 0.394 e. The Hall–Kier alpha value is -1.43. The smallest absolute Gasteiger partial charge is 0.264 e. The van der Waals surface area contributed by atoms with Crippen LogP contribution in [0.5, 0.6) is 0 Å². The summed E-state index contributed by atoms with van der Waals surface area (Å²) in [5, 5.41) is 2.71. The van der Waals surface area contributed by atoms with Crippen molar-refractivity contribution in [1.29, 1.82) is 0 Å². The Morgan fingerprint density at radius 3 is 2.06 bits per heavy atom. The number of hydrogen-bond acceptors (Lipinski definition) is 2. The molecule has 0 saturated heterocycles. The molecule has 0 aliphatic carbocycles. The third-order valence-corrected chi connectivity index (χ3v) is 2.47. The van der Waals surface area contributed by atoms with E-state index in [0.717, 1.165) is 0 Å². The van der Waals surface area contributed by atoms with Crippen LogP contribution in [0.25, 0.3) is 10.8 Å². The van der Waals surface area contributed by atoms with Gasteiger partial charge in [0.15, 0.2) is 0 Å². The Kier molecular flexibility index (Phi) is 4.22. The minimum Gasteiger partial charge on any atom is -0.264 e. The lowest BCUT2D eigenvalue weighted by molar-refractivity contribution is 0.381. The first-order chi connectivity index (χ1) is 7.79. The van der Waals surface area contributed by atoms with E-state index in [9.17, 15) is 0 Å². The summed E-state index contributed by atoms with van der Waals surface area (Å²) in [6.07, 6.45) is 0. The third kappa shape index (κ3) is 4.52. The summed E-state index contributed by atoms with van der Waals surface area (Å²) in [5.41, 5.74) is 2.77. The maximum absolute atomic E-state index is 8.74. The summed E-state index contributed by atoms with van der Waals surface area (Å²) in [7, 11) is -4.67. The van der Waals surface area contributed by atoms with E-state index in [0.29, 0.717) is 0 Å². The molecule has 5 heteroatoms. The minimum absolute atomic E-state index is 1.33. The van der Waals surface area contributed by atoms with Gasteiger partial charge < -0.3 is 0 Å². The lowest BCUT2D eigenvalue weighted by Crippen LogP contribution is -1.89. The summed E-state index contributed by atoms with van der Waals surface area (Å²) in [5.74, 6) is 0. The first-order valence-corrected chi connectivity index (χ1v) is 6.33. The zero-order valence-corrected chi connectivity index (χ0v) is 10.4. The normalized spacial score (nSPS) is 10.8. The molecule has 0 aliphatic rings. The second-order valence-corrected chi connectivity index (χ2v) is 4.57. The number of hydrogen-bond donors (Lipinski definition) is 2. The first kappa shape index (κ1) is 13.6. The molecule has 0 radical (unpaired) electrons. The van der Waals surface area contributed by atoms with Crippen molar-refractivity contribution in [2.24, 2.45) is 0 Å². The highest BCUT2D eigenvalue weighted by Crippen LogP contribution is 2.20. The minimum atomic E-state index is -4.67. The van der Waals surface area contributed by atoms with Gasteiger partial charge in [0.1, 0.15) is 0 Å². The first-order valence-electron chi connectivity index (χ1n) is 4.94. The van der Waals surface area contributed by atoms with Crippen LogP contribution in [0.15, 0.2) is 36.4 Å². The average molecular weight is 254 g/mol. The van der Waals surface area contributed by atoms with Gasteiger partial charge in [-0.15, -0.1) is 0 Å². The van der Waals surface area contributed by atoms with Gasteiger partial charge in [0, 0.05) is 0 Å². The van der Waals surface area contributed by atoms with Crippen LogP contribution in [0, 0.1) is 13.8 Å². The molecule has 0 unspecified atom stereocenters. The van der Waals surface area contributed by atoms with Crippen molar-refractivity contribution in [3.63, 3.8) is 0 Å². The van der Waals surface area contributed by atoms with E-state index in [-0.39, 0.29) is 0 Å². The molecular formula is C12H14O4S. The van der Waals surface area contributed by atoms with Crippen molar-refractivity contribution < 1.29 is 17.5 Å². The number of fused-ring (bicyclic) bond motifs is 1. The van der Waals surface area contributed by atoms with Crippen LogP contribution >= 0.6 is 0 Å². The van der Waals surface area contributed by atoms with E-state index in [2.05, 4.69) is 50.2 Å². The molecule has 2 rings (SSSR count). The standard InChI is InChI=1S/C12H12.H2O4S/c1-9-7-8-11-5-3-4-6-12(11)10(9)2;1-5(2,3)4/h3-8H,1-2H3;(H2,1,2,3,4). The molecule has 0 heterocycles. The maximum atomic E-state index is 8.74. The van der Waals surface area contributed by atoms with Crippen molar-refractivity contribution in [3.05, 3.63) is 47.5 Å². The topological polar surface area (TPSA) is 74.6 Å². The predicted octanol–water partition coefficient (Wildman–Crippen LogP) is 2.80. The van der Waals surface area contributed by atoms with E-state index in [1.165, 1.54) is 21.9 Å². The van der Waals surface area contributed by atoms with Crippen LogP contribution < -0.4 is 0 Å². The van der Waals surface area contributed by atoms with Crippen molar-refractivity contribution in [3.8, 4) is 0 Å². The fourth-order valence-corrected chi connectivity index (χ4v) is 1.54. The second-order valence-electron chi connectivity index (χ2n) is 3.68. The highest BCUT2D eigenvalue weighted by atomic mass is 32.3. The number of benzene rings is 2. The van der Waals surface area contributed by atoms with E-state index in [4.69, 9.17) is 17.5 Å². The predicted molar refractivity (Wildman–Crippen MR) is 67.6 cm³/mol. The summed E-state index contributed by atoms with van der Waals surface area (Å²) in [6, 6.07) is 12.9. The van der Waals surface area contributed by atoms with Gasteiger partial charge in [0.05, 0.1) is 0 Å². The molecule has 0 bridgehead atoms. The van der Waals surface area contributed by atoms with Crippen molar-refractivity contribution >= 4 is 21.2 Å². The lowest BCUT2D eigenvalue weighted by Gasteiger charge is -2.04. The van der Waals surface area contributed by atoms with E-state index in [1.807, 2.05) is 0 Å². The van der Waals surface area contributed by atoms with Gasteiger partial charge >= 0.3 is 10.4 Å². The van der Waals surface area contributed by atoms with E-state index < -0.39 is 10.4 Å². The van der Waals surface area contributed by atoms with Crippen molar-refractivity contribution in [2.45, 2.75) is 13.8 Å². The van der Waals surface area contributed by atoms with Crippen molar-refractivity contribution in [2.75, 3.05) is 0 Å². The van der Waals surface area contributed by atoms with Crippen LogP contribution in [0.1, 0.15) is 11.1 Å². The van der Waals surface area contributed by atoms with Gasteiger partial charge in [-0.2, -0.15) is 8.42 Å². The van der Waals surface area contributed by atoms with Gasteiger partial charge in [0.25, 0.3) is 0 Å². The molecule has 2 N–H and O–H groups in total. The summed E-state index contributed by atoms with van der Waals surface area (Å²) < 4.78 is 31.6. The van der Waals surface area contributed by atoms with Gasteiger partial charge in [-0.05, 0) is 35.7 Å². The SMILES string of the molecule is Cc1ccc2ccccc2c1C.O=S(=O)(O)O. The fraction of sp³-hybridized carbons (Fsp3) is 0.167. The van der Waals surface area contributed by atoms with Crippen LogP contribution in [0.2, 0.25) is 0 Å². The summed E-state index contributed by atoms with van der Waals surface area (Å²) in [6.45, 7) is 4.33. The molecule has 0 spiro atoms. The molecule has 92 valence electrons. The van der Waals surface area contributed by atoms with E-state index >= 15 is 0 Å². The Labute approximate surface area is 100 Å². The monoisotopic (exact) mass is 254 g/mol. The van der Waals surface area contributed by atoms with Crippen LogP contribution in [0.3, 0.4) is 0 Å². The van der Waals surface area contributed by atoms with E-state index in [1.54, 1.807) is 0 Å². The molecule has 17 heavy (non-hydrogen) atoms. The zero-order valence-electron chi connectivity index (χ0n) is 9.58. The highest BCUT2D eigenvalue weighted by Gasteiger charge is 1.97.